The van der Waals surface area contributed by atoms with Crippen LogP contribution in [0.25, 0.3) is 0 Å². The van der Waals surface area contributed by atoms with Gasteiger partial charge in [-0.05, 0) is 25.7 Å². The number of thiazole rings is 1. The molecule has 4 rings (SSSR count). The van der Waals surface area contributed by atoms with Crippen LogP contribution in [0, 0.1) is 0 Å². The molecule has 7 heteroatoms. The average molecular weight is 350 g/mol. The number of hydrogen-bond acceptors (Lipinski definition) is 5. The topological polar surface area (TPSA) is 48.9 Å². The molecule has 6 nitrogen and oxygen atoms in total. The molecule has 3 aliphatic rings. The number of carbonyl (C=O) groups is 1. The second-order valence-corrected chi connectivity index (χ2v) is 8.11. The van der Waals surface area contributed by atoms with Gasteiger partial charge in [-0.1, -0.05) is 0 Å². The van der Waals surface area contributed by atoms with Gasteiger partial charge in [-0.15, -0.1) is 11.3 Å². The monoisotopic (exact) mass is 350 g/mol. The van der Waals surface area contributed by atoms with Crippen LogP contribution in [0.3, 0.4) is 0 Å². The number of ether oxygens (including phenoxy) is 1. The fourth-order valence-electron chi connectivity index (χ4n) is 4.10. The third-order valence-corrected chi connectivity index (χ3v) is 6.26. The van der Waals surface area contributed by atoms with Gasteiger partial charge in [0.1, 0.15) is 5.01 Å². The van der Waals surface area contributed by atoms with E-state index in [4.69, 9.17) is 4.74 Å². The molecule has 3 aliphatic heterocycles. The standard InChI is InChI=1S/C17H26N4O2S/c22-16(20-6-1-2-7-20)21-8-3-17(4-9-21)14-19(10-11-23-17)13-15-18-5-12-24-15/h5,12H,1-4,6-11,13-14H2. The normalized spacial score (nSPS) is 24.7. The number of urea groups is 1. The Morgan fingerprint density at radius 3 is 2.62 bits per heavy atom. The molecule has 0 aromatic carbocycles. The van der Waals surface area contributed by atoms with Gasteiger partial charge in [-0.3, -0.25) is 4.90 Å². The Balaban J connectivity index is 1.32. The summed E-state index contributed by atoms with van der Waals surface area (Å²) in [5, 5.41) is 3.21. The van der Waals surface area contributed by atoms with E-state index in [1.54, 1.807) is 11.3 Å². The minimum Gasteiger partial charge on any atom is -0.372 e. The summed E-state index contributed by atoms with van der Waals surface area (Å²) in [5.74, 6) is 0. The van der Waals surface area contributed by atoms with E-state index in [-0.39, 0.29) is 11.6 Å². The number of likely N-dealkylation sites (tertiary alicyclic amines) is 2. The predicted molar refractivity (Wildman–Crippen MR) is 93.1 cm³/mol. The second-order valence-electron chi connectivity index (χ2n) is 7.13. The van der Waals surface area contributed by atoms with E-state index in [9.17, 15) is 4.79 Å². The first kappa shape index (κ1) is 16.3. The van der Waals surface area contributed by atoms with E-state index in [0.717, 1.165) is 78.1 Å². The Bertz CT molecular complexity index is 551. The lowest BCUT2D eigenvalue weighted by Gasteiger charge is -2.47. The summed E-state index contributed by atoms with van der Waals surface area (Å²) in [5.41, 5.74) is -0.0721. The number of piperidine rings is 1. The average Bonchev–Trinajstić information content (AvgIpc) is 3.29. The molecule has 2 amide bonds. The highest BCUT2D eigenvalue weighted by Gasteiger charge is 2.41. The van der Waals surface area contributed by atoms with Crippen molar-refractivity contribution in [2.24, 2.45) is 0 Å². The maximum atomic E-state index is 12.5. The van der Waals surface area contributed by atoms with Crippen molar-refractivity contribution < 1.29 is 9.53 Å². The predicted octanol–water partition coefficient (Wildman–Crippen LogP) is 2.03. The smallest absolute Gasteiger partial charge is 0.320 e. The first-order valence-corrected chi connectivity index (χ1v) is 9.91. The maximum absolute atomic E-state index is 12.5. The number of morpholine rings is 1. The van der Waals surface area contributed by atoms with Gasteiger partial charge in [-0.2, -0.15) is 0 Å². The van der Waals surface area contributed by atoms with E-state index < -0.39 is 0 Å². The number of hydrogen-bond donors (Lipinski definition) is 0. The minimum atomic E-state index is -0.0721. The van der Waals surface area contributed by atoms with E-state index in [0.29, 0.717) is 0 Å². The largest absolute Gasteiger partial charge is 0.372 e. The highest BCUT2D eigenvalue weighted by Crippen LogP contribution is 2.31. The van der Waals surface area contributed by atoms with Crippen LogP contribution >= 0.6 is 11.3 Å². The molecule has 0 N–H and O–H groups in total. The van der Waals surface area contributed by atoms with Crippen molar-refractivity contribution in [3.63, 3.8) is 0 Å². The third kappa shape index (κ3) is 3.43. The number of rotatable bonds is 2. The Labute approximate surface area is 147 Å². The Morgan fingerprint density at radius 2 is 1.92 bits per heavy atom. The minimum absolute atomic E-state index is 0.0721. The van der Waals surface area contributed by atoms with Crippen LogP contribution in [0.15, 0.2) is 11.6 Å². The molecule has 1 aromatic heterocycles. The highest BCUT2D eigenvalue weighted by molar-refractivity contribution is 7.09. The molecule has 0 atom stereocenters. The highest BCUT2D eigenvalue weighted by atomic mass is 32.1. The Morgan fingerprint density at radius 1 is 1.17 bits per heavy atom. The van der Waals surface area contributed by atoms with Crippen LogP contribution in [0.2, 0.25) is 0 Å². The van der Waals surface area contributed by atoms with Crippen LogP contribution in [0.4, 0.5) is 4.79 Å². The van der Waals surface area contributed by atoms with Crippen molar-refractivity contribution in [2.75, 3.05) is 45.9 Å². The summed E-state index contributed by atoms with van der Waals surface area (Å²) in [6.45, 7) is 7.12. The lowest BCUT2D eigenvalue weighted by molar-refractivity contribution is -0.134. The van der Waals surface area contributed by atoms with Crippen LogP contribution in [-0.4, -0.2) is 77.2 Å². The fourth-order valence-corrected chi connectivity index (χ4v) is 4.75. The van der Waals surface area contributed by atoms with Gasteiger partial charge in [0.2, 0.25) is 0 Å². The molecule has 1 spiro atoms. The quantitative estimate of drug-likeness (QED) is 0.819. The van der Waals surface area contributed by atoms with Gasteiger partial charge < -0.3 is 14.5 Å². The van der Waals surface area contributed by atoms with Crippen molar-refractivity contribution in [2.45, 2.75) is 37.8 Å². The molecule has 0 saturated carbocycles. The summed E-state index contributed by atoms with van der Waals surface area (Å²) in [6.07, 6.45) is 6.07. The summed E-state index contributed by atoms with van der Waals surface area (Å²) >= 11 is 1.72. The molecular formula is C17H26N4O2S. The van der Waals surface area contributed by atoms with Gasteiger partial charge in [0, 0.05) is 50.8 Å². The summed E-state index contributed by atoms with van der Waals surface area (Å²) in [4.78, 5) is 23.4. The molecule has 3 fully saturated rings. The fraction of sp³-hybridized carbons (Fsp3) is 0.765. The van der Waals surface area contributed by atoms with Crippen molar-refractivity contribution >= 4 is 17.4 Å². The lowest BCUT2D eigenvalue weighted by atomic mass is 9.89. The first-order valence-electron chi connectivity index (χ1n) is 9.03. The number of aromatic nitrogens is 1. The molecule has 1 aromatic rings. The van der Waals surface area contributed by atoms with E-state index in [1.165, 1.54) is 5.01 Å². The van der Waals surface area contributed by atoms with E-state index in [2.05, 4.69) is 9.88 Å². The first-order chi connectivity index (χ1) is 11.7. The summed E-state index contributed by atoms with van der Waals surface area (Å²) in [7, 11) is 0. The van der Waals surface area contributed by atoms with Gasteiger partial charge in [0.15, 0.2) is 0 Å². The molecule has 4 heterocycles. The van der Waals surface area contributed by atoms with Gasteiger partial charge in [-0.25, -0.2) is 9.78 Å². The van der Waals surface area contributed by atoms with Crippen molar-refractivity contribution in [1.82, 2.24) is 19.7 Å². The number of carbonyl (C=O) groups excluding carboxylic acids is 1. The van der Waals surface area contributed by atoms with Gasteiger partial charge in [0.25, 0.3) is 0 Å². The van der Waals surface area contributed by atoms with Gasteiger partial charge in [0.05, 0.1) is 18.8 Å². The Kier molecular flexibility index (Phi) is 4.74. The molecule has 0 bridgehead atoms. The van der Waals surface area contributed by atoms with Crippen molar-refractivity contribution in [3.8, 4) is 0 Å². The molecule has 3 saturated heterocycles. The van der Waals surface area contributed by atoms with Gasteiger partial charge >= 0.3 is 6.03 Å². The van der Waals surface area contributed by atoms with E-state index >= 15 is 0 Å². The van der Waals surface area contributed by atoms with Crippen molar-refractivity contribution in [1.29, 1.82) is 0 Å². The molecular weight excluding hydrogens is 324 g/mol. The zero-order valence-corrected chi connectivity index (χ0v) is 15.0. The number of amides is 2. The van der Waals surface area contributed by atoms with Crippen LogP contribution in [-0.2, 0) is 11.3 Å². The zero-order chi connectivity index (χ0) is 16.4. The molecule has 0 unspecified atom stereocenters. The Hall–Kier alpha value is -1.18. The maximum Gasteiger partial charge on any atom is 0.320 e. The van der Waals surface area contributed by atoms with Crippen molar-refractivity contribution in [3.05, 3.63) is 16.6 Å². The molecule has 0 radical (unpaired) electrons. The molecule has 132 valence electrons. The molecule has 24 heavy (non-hydrogen) atoms. The zero-order valence-electron chi connectivity index (χ0n) is 14.2. The lowest BCUT2D eigenvalue weighted by Crippen LogP contribution is -2.58. The molecule has 0 aliphatic carbocycles. The SMILES string of the molecule is O=C(N1CCCC1)N1CCC2(CC1)CN(Cc1nccs1)CCO2. The van der Waals surface area contributed by atoms with Crippen LogP contribution in [0.1, 0.15) is 30.7 Å². The second kappa shape index (κ2) is 6.98. The van der Waals surface area contributed by atoms with E-state index in [1.807, 2.05) is 21.4 Å². The number of nitrogens with zero attached hydrogens (tertiary/aromatic N) is 4. The van der Waals surface area contributed by atoms with Crippen LogP contribution in [0.5, 0.6) is 0 Å². The third-order valence-electron chi connectivity index (χ3n) is 5.49. The summed E-state index contributed by atoms with van der Waals surface area (Å²) < 4.78 is 6.20. The van der Waals surface area contributed by atoms with Crippen LogP contribution < -0.4 is 0 Å². The summed E-state index contributed by atoms with van der Waals surface area (Å²) in [6, 6.07) is 0.234.